The lowest BCUT2D eigenvalue weighted by Crippen LogP contribution is -2.81. The molecule has 3 aliphatic carbocycles. The average Bonchev–Trinajstić information content (AvgIpc) is 3.26. The van der Waals surface area contributed by atoms with Crippen LogP contribution in [0.25, 0.3) is 0 Å². The largest absolute Gasteiger partial charge is 0.456 e. The second-order valence-electron chi connectivity index (χ2n) is 20.9. The Morgan fingerprint density at radius 1 is 0.879 bits per heavy atom. The quantitative estimate of drug-likeness (QED) is 0.0748. The van der Waals surface area contributed by atoms with Gasteiger partial charge in [-0.2, -0.15) is 0 Å². The van der Waals surface area contributed by atoms with Crippen LogP contribution in [0, 0.1) is 22.7 Å². The first-order valence-corrected chi connectivity index (χ1v) is 25.7. The minimum atomic E-state index is -2.85. The molecule has 2 saturated carbocycles. The number of rotatable bonds is 11. The molecule has 13 nitrogen and oxygen atoms in total. The molecular formula is C52H65NO12Si. The van der Waals surface area contributed by atoms with Crippen LogP contribution in [-0.2, 0) is 37.8 Å². The van der Waals surface area contributed by atoms with Gasteiger partial charge in [0.05, 0.1) is 35.6 Å². The number of aliphatic hydroxyl groups excluding tert-OH is 1. The fourth-order valence-electron chi connectivity index (χ4n) is 11.0. The maximum atomic E-state index is 15.5. The number of ketones is 1. The summed E-state index contributed by atoms with van der Waals surface area (Å²) in [7, 11) is -2.85. The maximum Gasteiger partial charge on any atom is 0.338 e. The van der Waals surface area contributed by atoms with Gasteiger partial charge in [-0.15, -0.1) is 0 Å². The molecule has 2 bridgehead atoms. The molecule has 0 radical (unpaired) electrons. The van der Waals surface area contributed by atoms with Crippen molar-refractivity contribution in [2.45, 2.75) is 141 Å². The number of fused-ring (bicyclic) bond motifs is 5. The number of Topliss-reactive ketones (excluding diaryl/α,β-unsaturated/α-hetero) is 1. The monoisotopic (exact) mass is 923 g/mol. The van der Waals surface area contributed by atoms with Gasteiger partial charge in [-0.05, 0) is 73.0 Å². The van der Waals surface area contributed by atoms with E-state index in [0.29, 0.717) is 22.3 Å². The molecule has 1 aliphatic heterocycles. The highest BCUT2D eigenvalue weighted by molar-refractivity contribution is 6.74. The minimum absolute atomic E-state index is 0.0583. The molecule has 4 aliphatic rings. The number of aliphatic hydroxyl groups is 2. The van der Waals surface area contributed by atoms with Crippen LogP contribution in [0.3, 0.4) is 0 Å². The molecule has 3 aromatic carbocycles. The molecule has 14 heteroatoms. The molecule has 0 spiro atoms. The second kappa shape index (κ2) is 17.6. The Bertz CT molecular complexity index is 2380. The summed E-state index contributed by atoms with van der Waals surface area (Å²) in [5, 5.41) is 28.7. The first-order chi connectivity index (χ1) is 30.8. The van der Waals surface area contributed by atoms with Crippen LogP contribution in [0.15, 0.2) is 102 Å². The third kappa shape index (κ3) is 8.16. The van der Waals surface area contributed by atoms with Gasteiger partial charge in [0, 0.05) is 36.7 Å². The average molecular weight is 924 g/mol. The number of carbonyl (C=O) groups excluding carboxylic acids is 5. The summed E-state index contributed by atoms with van der Waals surface area (Å²) in [6, 6.07) is 24.8. The molecule has 3 N–H and O–H groups in total. The van der Waals surface area contributed by atoms with Crippen LogP contribution in [-0.4, -0.2) is 96.5 Å². The molecule has 3 aromatic rings. The first-order valence-electron chi connectivity index (χ1n) is 22.8. The van der Waals surface area contributed by atoms with Crippen molar-refractivity contribution in [3.05, 3.63) is 119 Å². The lowest BCUT2D eigenvalue weighted by atomic mass is 9.43. The summed E-state index contributed by atoms with van der Waals surface area (Å²) in [4.78, 5) is 72.4. The molecular weight excluding hydrogens is 859 g/mol. The van der Waals surface area contributed by atoms with Gasteiger partial charge in [0.25, 0.3) is 5.91 Å². The van der Waals surface area contributed by atoms with E-state index in [9.17, 15) is 24.6 Å². The predicted molar refractivity (Wildman–Crippen MR) is 247 cm³/mol. The van der Waals surface area contributed by atoms with E-state index in [-0.39, 0.29) is 25.0 Å². The number of esters is 3. The summed E-state index contributed by atoms with van der Waals surface area (Å²) in [5.41, 5.74) is -4.85. The van der Waals surface area contributed by atoms with Gasteiger partial charge in [0.15, 0.2) is 20.0 Å². The van der Waals surface area contributed by atoms with E-state index in [2.05, 4.69) is 5.32 Å². The summed E-state index contributed by atoms with van der Waals surface area (Å²) < 4.78 is 32.3. The van der Waals surface area contributed by atoms with Crippen LogP contribution >= 0.6 is 0 Å². The smallest absolute Gasteiger partial charge is 0.338 e. The highest BCUT2D eigenvalue weighted by Gasteiger charge is 2.77. The van der Waals surface area contributed by atoms with Gasteiger partial charge < -0.3 is 38.9 Å². The number of hydrogen-bond donors (Lipinski definition) is 3. The Morgan fingerprint density at radius 3 is 1.97 bits per heavy atom. The normalized spacial score (nSPS) is 31.3. The summed E-state index contributed by atoms with van der Waals surface area (Å²) in [6.07, 6.45) is -6.97. The predicted octanol–water partition coefficient (Wildman–Crippen LogP) is 7.47. The lowest BCUT2D eigenvalue weighted by molar-refractivity contribution is -0.345. The molecule has 11 atom stereocenters. The molecule has 3 fully saturated rings. The Kier molecular flexibility index (Phi) is 13.0. The Hall–Kier alpha value is -4.99. The van der Waals surface area contributed by atoms with E-state index >= 15 is 9.59 Å². The molecule has 1 heterocycles. The Balaban J connectivity index is 1.40. The second-order valence-corrected chi connectivity index (χ2v) is 25.7. The standard InChI is InChI=1S/C52H65NO12Si/c1-30-36(62-47(59)41(65-66(10,11)48(4,5)6)40(33-21-15-12-16-22-33)53-45(57)34-23-17-13-18-24-34)28-52(60)44(63-46(58)35-25-19-14-20-26-35)42-50(9,43(56)31(2)39(30)49(52,7)8)37(55)27-38-51(42,29-61-38)64-32(3)54/h12-26,31,36-38,40-42,44,55,60H,27-29H2,1-11H3,(H,53,57)/t31-,36?,37+,38-,40+,41-,42+,44+,50-,51+,52-/m1/s1. The lowest BCUT2D eigenvalue weighted by Gasteiger charge is -2.67. The van der Waals surface area contributed by atoms with Crippen LogP contribution in [0.2, 0.25) is 18.1 Å². The highest BCUT2D eigenvalue weighted by atomic mass is 28.4. The van der Waals surface area contributed by atoms with Gasteiger partial charge in [-0.3, -0.25) is 14.4 Å². The van der Waals surface area contributed by atoms with Crippen molar-refractivity contribution in [2.24, 2.45) is 22.7 Å². The Morgan fingerprint density at radius 2 is 1.44 bits per heavy atom. The van der Waals surface area contributed by atoms with E-state index in [1.54, 1.807) is 120 Å². The number of carbonyl (C=O) groups is 5. The molecule has 1 saturated heterocycles. The molecule has 7 rings (SSSR count). The molecule has 1 unspecified atom stereocenters. The van der Waals surface area contributed by atoms with Crippen molar-refractivity contribution >= 4 is 37.9 Å². The minimum Gasteiger partial charge on any atom is -0.456 e. The highest BCUT2D eigenvalue weighted by Crippen LogP contribution is 2.65. The summed E-state index contributed by atoms with van der Waals surface area (Å²) in [6.45, 7) is 19.7. The molecule has 1 amide bonds. The zero-order valence-electron chi connectivity index (χ0n) is 39.9. The maximum absolute atomic E-state index is 15.5. The molecule has 66 heavy (non-hydrogen) atoms. The molecule has 0 aromatic heterocycles. The van der Waals surface area contributed by atoms with Crippen LogP contribution in [0.1, 0.15) is 107 Å². The zero-order valence-corrected chi connectivity index (χ0v) is 40.9. The third-order valence-corrected chi connectivity index (χ3v) is 20.2. The van der Waals surface area contributed by atoms with Crippen molar-refractivity contribution < 1.29 is 57.6 Å². The van der Waals surface area contributed by atoms with Crippen LogP contribution < -0.4 is 5.32 Å². The van der Waals surface area contributed by atoms with Gasteiger partial charge in [0.1, 0.15) is 29.7 Å². The number of hydrogen-bond acceptors (Lipinski definition) is 12. The van der Waals surface area contributed by atoms with Gasteiger partial charge in [-0.1, -0.05) is 108 Å². The van der Waals surface area contributed by atoms with Crippen molar-refractivity contribution in [1.29, 1.82) is 0 Å². The number of amides is 1. The number of ether oxygens (including phenoxy) is 4. The third-order valence-electron chi connectivity index (χ3n) is 15.7. The number of benzene rings is 3. The molecule has 354 valence electrons. The Labute approximate surface area is 388 Å². The first kappa shape index (κ1) is 48.9. The van der Waals surface area contributed by atoms with E-state index in [0.717, 1.165) is 0 Å². The van der Waals surface area contributed by atoms with Crippen LogP contribution in [0.5, 0.6) is 0 Å². The fourth-order valence-corrected chi connectivity index (χ4v) is 12.3. The summed E-state index contributed by atoms with van der Waals surface area (Å²) >= 11 is 0. The SMILES string of the molecule is CC(=O)O[C@@]12CO[C@@H]1C[C@H](O)[C@@]1(C)C(=O)[C@H](C)C3=C(C)C(OC(=O)[C@H](O[Si](C)(C)C(C)(C)C)[C@@H](NC(=O)c4ccccc4)c4ccccc4)C[C@@](O)([C@@H](OC(=O)c4ccccc4)[C@H]21)C3(C)C. The van der Waals surface area contributed by atoms with Gasteiger partial charge in [0.2, 0.25) is 0 Å². The number of nitrogens with one attached hydrogen (secondary N) is 1. The fraction of sp³-hybridized carbons (Fsp3) is 0.519. The van der Waals surface area contributed by atoms with E-state index < -0.39 is 113 Å². The van der Waals surface area contributed by atoms with Gasteiger partial charge in [-0.25, -0.2) is 9.59 Å². The van der Waals surface area contributed by atoms with E-state index in [1.165, 1.54) is 6.92 Å². The summed E-state index contributed by atoms with van der Waals surface area (Å²) in [5.74, 6) is -5.55. The van der Waals surface area contributed by atoms with Crippen molar-refractivity contribution in [3.8, 4) is 0 Å². The van der Waals surface area contributed by atoms with Crippen molar-refractivity contribution in [3.63, 3.8) is 0 Å². The van der Waals surface area contributed by atoms with Crippen molar-refractivity contribution in [2.75, 3.05) is 6.61 Å². The zero-order chi connectivity index (χ0) is 48.4. The topological polar surface area (TPSA) is 184 Å². The van der Waals surface area contributed by atoms with E-state index in [1.807, 2.05) is 39.9 Å². The van der Waals surface area contributed by atoms with Gasteiger partial charge >= 0.3 is 17.9 Å². The van der Waals surface area contributed by atoms with Crippen molar-refractivity contribution in [1.82, 2.24) is 5.32 Å². The van der Waals surface area contributed by atoms with Crippen LogP contribution in [0.4, 0.5) is 0 Å². The van der Waals surface area contributed by atoms with E-state index in [4.69, 9.17) is 23.4 Å².